The van der Waals surface area contributed by atoms with Crippen molar-refractivity contribution in [3.63, 3.8) is 0 Å². The molecule has 0 aliphatic rings. The molecule has 2 heteroatoms. The molecule has 1 aromatic carbocycles. The van der Waals surface area contributed by atoms with E-state index in [0.717, 1.165) is 13.1 Å². The topological polar surface area (TPSA) is 24.1 Å². The molecule has 2 N–H and O–H groups in total. The van der Waals surface area contributed by atoms with E-state index in [9.17, 15) is 0 Å². The highest BCUT2D eigenvalue weighted by atomic mass is 15.0. The van der Waals surface area contributed by atoms with Crippen molar-refractivity contribution in [1.29, 1.82) is 0 Å². The van der Waals surface area contributed by atoms with E-state index < -0.39 is 0 Å². The van der Waals surface area contributed by atoms with Crippen molar-refractivity contribution in [3.05, 3.63) is 29.8 Å². The molecule has 0 fully saturated rings. The maximum absolute atomic E-state index is 3.23. The van der Waals surface area contributed by atoms with Crippen LogP contribution in [0.4, 0.5) is 5.69 Å². The van der Waals surface area contributed by atoms with Crippen LogP contribution in [0.25, 0.3) is 0 Å². The molecule has 0 amide bonds. The minimum absolute atomic E-state index is 0.811. The lowest BCUT2D eigenvalue weighted by Crippen LogP contribution is -2.16. The number of hydrogen-bond donors (Lipinski definition) is 2. The molecule has 0 unspecified atom stereocenters. The fourth-order valence-corrected chi connectivity index (χ4v) is 1.05. The van der Waals surface area contributed by atoms with Gasteiger partial charge >= 0.3 is 0 Å². The number of hydrogen-bond acceptors (Lipinski definition) is 2. The first-order valence-corrected chi connectivity index (χ1v) is 4.34. The molecule has 0 radical (unpaired) electrons. The van der Waals surface area contributed by atoms with Gasteiger partial charge < -0.3 is 10.6 Å². The SMILES string of the molecule is CCc1ccc(NCNC)cc1. The van der Waals surface area contributed by atoms with Crippen LogP contribution in [0.3, 0.4) is 0 Å². The van der Waals surface area contributed by atoms with Crippen molar-refractivity contribution < 1.29 is 0 Å². The smallest absolute Gasteiger partial charge is 0.0650 e. The molecule has 0 aliphatic carbocycles. The second kappa shape index (κ2) is 4.78. The summed E-state index contributed by atoms with van der Waals surface area (Å²) in [6.45, 7) is 2.97. The van der Waals surface area contributed by atoms with Gasteiger partial charge in [-0.2, -0.15) is 0 Å². The summed E-state index contributed by atoms with van der Waals surface area (Å²) in [5.74, 6) is 0. The first kappa shape index (κ1) is 9.07. The zero-order valence-corrected chi connectivity index (χ0v) is 7.72. The Morgan fingerprint density at radius 1 is 1.17 bits per heavy atom. The summed E-state index contributed by atoms with van der Waals surface area (Å²) in [5.41, 5.74) is 2.55. The fraction of sp³-hybridized carbons (Fsp3) is 0.400. The third-order valence-electron chi connectivity index (χ3n) is 1.83. The number of anilines is 1. The summed E-state index contributed by atoms with van der Waals surface area (Å²) >= 11 is 0. The van der Waals surface area contributed by atoms with Crippen molar-refractivity contribution in [3.8, 4) is 0 Å². The molecule has 1 aromatic rings. The van der Waals surface area contributed by atoms with Crippen molar-refractivity contribution in [2.24, 2.45) is 0 Å². The van der Waals surface area contributed by atoms with Crippen LogP contribution in [0.5, 0.6) is 0 Å². The first-order valence-electron chi connectivity index (χ1n) is 4.34. The predicted octanol–water partition coefficient (Wildman–Crippen LogP) is 1.84. The van der Waals surface area contributed by atoms with Gasteiger partial charge in [0, 0.05) is 5.69 Å². The highest BCUT2D eigenvalue weighted by molar-refractivity contribution is 5.44. The molecule has 66 valence electrons. The summed E-state index contributed by atoms with van der Waals surface area (Å²) in [5, 5.41) is 6.27. The summed E-state index contributed by atoms with van der Waals surface area (Å²) in [6, 6.07) is 8.52. The molecule has 12 heavy (non-hydrogen) atoms. The average molecular weight is 164 g/mol. The molecular weight excluding hydrogens is 148 g/mol. The van der Waals surface area contributed by atoms with Gasteiger partial charge in [0.25, 0.3) is 0 Å². The summed E-state index contributed by atoms with van der Waals surface area (Å²) in [7, 11) is 1.92. The fourth-order valence-electron chi connectivity index (χ4n) is 1.05. The van der Waals surface area contributed by atoms with Crippen LogP contribution in [0.1, 0.15) is 12.5 Å². The van der Waals surface area contributed by atoms with Gasteiger partial charge in [-0.05, 0) is 31.2 Å². The largest absolute Gasteiger partial charge is 0.372 e. The molecule has 2 nitrogen and oxygen atoms in total. The third kappa shape index (κ3) is 2.55. The Balaban J connectivity index is 2.53. The minimum Gasteiger partial charge on any atom is -0.372 e. The lowest BCUT2D eigenvalue weighted by molar-refractivity contribution is 0.874. The third-order valence-corrected chi connectivity index (χ3v) is 1.83. The van der Waals surface area contributed by atoms with Crippen molar-refractivity contribution in [1.82, 2.24) is 5.32 Å². The van der Waals surface area contributed by atoms with Crippen LogP contribution < -0.4 is 10.6 Å². The van der Waals surface area contributed by atoms with E-state index in [2.05, 4.69) is 41.8 Å². The lowest BCUT2D eigenvalue weighted by Gasteiger charge is -2.05. The second-order valence-corrected chi connectivity index (χ2v) is 2.76. The minimum atomic E-state index is 0.811. The number of nitrogens with one attached hydrogen (secondary N) is 2. The molecule has 1 rings (SSSR count). The van der Waals surface area contributed by atoms with E-state index in [1.165, 1.54) is 11.3 Å². The molecule has 0 aliphatic heterocycles. The zero-order chi connectivity index (χ0) is 8.81. The van der Waals surface area contributed by atoms with Gasteiger partial charge in [0.2, 0.25) is 0 Å². The van der Waals surface area contributed by atoms with Crippen LogP contribution in [0.15, 0.2) is 24.3 Å². The number of rotatable bonds is 4. The van der Waals surface area contributed by atoms with E-state index in [0.29, 0.717) is 0 Å². The van der Waals surface area contributed by atoms with E-state index in [4.69, 9.17) is 0 Å². The Kier molecular flexibility index (Phi) is 3.61. The molecule has 0 bridgehead atoms. The van der Waals surface area contributed by atoms with E-state index in [1.54, 1.807) is 0 Å². The highest BCUT2D eigenvalue weighted by Gasteiger charge is 1.90. The highest BCUT2D eigenvalue weighted by Crippen LogP contribution is 2.08. The van der Waals surface area contributed by atoms with Gasteiger partial charge in [-0.1, -0.05) is 19.1 Å². The van der Waals surface area contributed by atoms with Crippen molar-refractivity contribution in [2.45, 2.75) is 13.3 Å². The summed E-state index contributed by atoms with van der Waals surface area (Å²) < 4.78 is 0. The molecule has 0 spiro atoms. The molecule has 0 atom stereocenters. The van der Waals surface area contributed by atoms with E-state index >= 15 is 0 Å². The van der Waals surface area contributed by atoms with Gasteiger partial charge in [-0.3, -0.25) is 0 Å². The molecule has 0 saturated heterocycles. The van der Waals surface area contributed by atoms with Gasteiger partial charge in [-0.15, -0.1) is 0 Å². The van der Waals surface area contributed by atoms with Crippen LogP contribution in [-0.4, -0.2) is 13.7 Å². The van der Waals surface area contributed by atoms with E-state index in [1.807, 2.05) is 7.05 Å². The monoisotopic (exact) mass is 164 g/mol. The standard InChI is InChI=1S/C10H16N2/c1-3-9-4-6-10(7-5-9)12-8-11-2/h4-7,11-12H,3,8H2,1-2H3. The second-order valence-electron chi connectivity index (χ2n) is 2.76. The average Bonchev–Trinajstić information content (AvgIpc) is 2.15. The molecule has 0 saturated carbocycles. The van der Waals surface area contributed by atoms with Gasteiger partial charge in [0.1, 0.15) is 0 Å². The van der Waals surface area contributed by atoms with Crippen LogP contribution >= 0.6 is 0 Å². The van der Waals surface area contributed by atoms with Gasteiger partial charge in [0.05, 0.1) is 6.67 Å². The maximum Gasteiger partial charge on any atom is 0.0650 e. The Morgan fingerprint density at radius 2 is 1.83 bits per heavy atom. The predicted molar refractivity (Wildman–Crippen MR) is 53.4 cm³/mol. The van der Waals surface area contributed by atoms with Crippen LogP contribution in [-0.2, 0) is 6.42 Å². The number of benzene rings is 1. The zero-order valence-electron chi connectivity index (χ0n) is 7.72. The number of aryl methyl sites for hydroxylation is 1. The first-order chi connectivity index (χ1) is 5.86. The van der Waals surface area contributed by atoms with Crippen LogP contribution in [0.2, 0.25) is 0 Å². The summed E-state index contributed by atoms with van der Waals surface area (Å²) in [6.07, 6.45) is 1.10. The molecule has 0 heterocycles. The summed E-state index contributed by atoms with van der Waals surface area (Å²) in [4.78, 5) is 0. The Hall–Kier alpha value is -1.02. The lowest BCUT2D eigenvalue weighted by atomic mass is 10.1. The van der Waals surface area contributed by atoms with Crippen LogP contribution in [0, 0.1) is 0 Å². The molecule has 0 aromatic heterocycles. The Morgan fingerprint density at radius 3 is 2.33 bits per heavy atom. The molecular formula is C10H16N2. The van der Waals surface area contributed by atoms with Crippen molar-refractivity contribution >= 4 is 5.69 Å². The van der Waals surface area contributed by atoms with Gasteiger partial charge in [0.15, 0.2) is 0 Å². The Bertz CT molecular complexity index is 216. The normalized spacial score (nSPS) is 9.83. The van der Waals surface area contributed by atoms with Gasteiger partial charge in [-0.25, -0.2) is 0 Å². The van der Waals surface area contributed by atoms with E-state index in [-0.39, 0.29) is 0 Å². The van der Waals surface area contributed by atoms with Crippen molar-refractivity contribution in [2.75, 3.05) is 19.0 Å². The maximum atomic E-state index is 3.23. The Labute approximate surface area is 74.0 Å². The quantitative estimate of drug-likeness (QED) is 0.663.